The zero-order chi connectivity index (χ0) is 11.4. The summed E-state index contributed by atoms with van der Waals surface area (Å²) in [5, 5.41) is 12.2. The molecule has 1 aliphatic carbocycles. The Morgan fingerprint density at radius 2 is 2.38 bits per heavy atom. The molecule has 1 aliphatic rings. The molecule has 0 spiro atoms. The van der Waals surface area contributed by atoms with E-state index in [1.165, 1.54) is 18.5 Å². The van der Waals surface area contributed by atoms with Gasteiger partial charge in [-0.3, -0.25) is 0 Å². The molecular formula is C13H19N3. The molecule has 1 fully saturated rings. The molecule has 0 atom stereocenters. The highest BCUT2D eigenvalue weighted by Crippen LogP contribution is 2.50. The van der Waals surface area contributed by atoms with Crippen molar-refractivity contribution in [1.29, 1.82) is 5.26 Å². The minimum atomic E-state index is 0.286. The number of rotatable bonds is 6. The van der Waals surface area contributed by atoms with Crippen LogP contribution in [-0.4, -0.2) is 11.1 Å². The van der Waals surface area contributed by atoms with Crippen LogP contribution in [0.15, 0.2) is 18.3 Å². The molecule has 0 radical (unpaired) electrons. The van der Waals surface area contributed by atoms with Crippen LogP contribution < -0.4 is 5.32 Å². The number of hydrogen-bond acceptors (Lipinski definition) is 2. The Labute approximate surface area is 97.1 Å². The molecular weight excluding hydrogens is 198 g/mol. The van der Waals surface area contributed by atoms with Gasteiger partial charge in [-0.1, -0.05) is 6.92 Å². The number of hydrogen-bond donors (Lipinski definition) is 1. The molecule has 1 aromatic heterocycles. The second kappa shape index (κ2) is 4.71. The molecule has 16 heavy (non-hydrogen) atoms. The Bertz CT molecular complexity index is 382. The Morgan fingerprint density at radius 3 is 3.00 bits per heavy atom. The van der Waals surface area contributed by atoms with Crippen LogP contribution in [0.1, 0.15) is 31.9 Å². The van der Waals surface area contributed by atoms with E-state index in [9.17, 15) is 0 Å². The SMILES string of the molecule is CCNCc1cccn1CC1(CC#N)CC1. The van der Waals surface area contributed by atoms with Crippen LogP contribution >= 0.6 is 0 Å². The average molecular weight is 217 g/mol. The van der Waals surface area contributed by atoms with Crippen molar-refractivity contribution in [2.45, 2.75) is 39.3 Å². The first-order valence-corrected chi connectivity index (χ1v) is 6.01. The Hall–Kier alpha value is -1.27. The summed E-state index contributed by atoms with van der Waals surface area (Å²) in [6.07, 6.45) is 5.24. The predicted octanol–water partition coefficient (Wildman–Crippen LogP) is 2.29. The van der Waals surface area contributed by atoms with Gasteiger partial charge in [-0.05, 0) is 31.5 Å². The number of aromatic nitrogens is 1. The first-order chi connectivity index (χ1) is 7.79. The first-order valence-electron chi connectivity index (χ1n) is 6.01. The summed E-state index contributed by atoms with van der Waals surface area (Å²) in [6, 6.07) is 6.57. The Kier molecular flexibility index (Phi) is 3.31. The second-order valence-corrected chi connectivity index (χ2v) is 4.74. The lowest BCUT2D eigenvalue weighted by atomic mass is 10.0. The number of nitrogens with one attached hydrogen (secondary N) is 1. The molecule has 3 nitrogen and oxygen atoms in total. The van der Waals surface area contributed by atoms with Crippen molar-refractivity contribution in [2.75, 3.05) is 6.54 Å². The third-order valence-corrected chi connectivity index (χ3v) is 3.40. The zero-order valence-corrected chi connectivity index (χ0v) is 9.87. The van der Waals surface area contributed by atoms with Crippen molar-refractivity contribution < 1.29 is 0 Å². The van der Waals surface area contributed by atoms with Crippen molar-refractivity contribution >= 4 is 0 Å². The van der Waals surface area contributed by atoms with E-state index in [0.29, 0.717) is 6.42 Å². The summed E-state index contributed by atoms with van der Waals surface area (Å²) in [7, 11) is 0. The maximum atomic E-state index is 8.81. The largest absolute Gasteiger partial charge is 0.350 e. The van der Waals surface area contributed by atoms with Crippen LogP contribution in [0.4, 0.5) is 0 Å². The molecule has 3 heteroatoms. The fourth-order valence-corrected chi connectivity index (χ4v) is 2.11. The lowest BCUT2D eigenvalue weighted by Gasteiger charge is -2.15. The molecule has 0 aliphatic heterocycles. The van der Waals surface area contributed by atoms with Gasteiger partial charge in [-0.2, -0.15) is 5.26 Å². The fraction of sp³-hybridized carbons (Fsp3) is 0.615. The third kappa shape index (κ3) is 2.45. The maximum Gasteiger partial charge on any atom is 0.0628 e. The Morgan fingerprint density at radius 1 is 1.56 bits per heavy atom. The van der Waals surface area contributed by atoms with Crippen LogP contribution in [0.5, 0.6) is 0 Å². The smallest absolute Gasteiger partial charge is 0.0628 e. The zero-order valence-electron chi connectivity index (χ0n) is 9.87. The monoisotopic (exact) mass is 217 g/mol. The number of nitrogens with zero attached hydrogens (tertiary/aromatic N) is 2. The normalized spacial score (nSPS) is 17.0. The van der Waals surface area contributed by atoms with E-state index in [4.69, 9.17) is 5.26 Å². The van der Waals surface area contributed by atoms with Gasteiger partial charge in [0.15, 0.2) is 0 Å². The summed E-state index contributed by atoms with van der Waals surface area (Å²) < 4.78 is 2.30. The second-order valence-electron chi connectivity index (χ2n) is 4.74. The van der Waals surface area contributed by atoms with Crippen LogP contribution in [0.25, 0.3) is 0 Å². The predicted molar refractivity (Wildman–Crippen MR) is 63.7 cm³/mol. The third-order valence-electron chi connectivity index (χ3n) is 3.40. The van der Waals surface area contributed by atoms with Crippen molar-refractivity contribution in [3.8, 4) is 6.07 Å². The maximum absolute atomic E-state index is 8.81. The van der Waals surface area contributed by atoms with Crippen LogP contribution in [0.3, 0.4) is 0 Å². The fourth-order valence-electron chi connectivity index (χ4n) is 2.11. The standard InChI is InChI=1S/C13H19N3/c1-2-15-10-12-4-3-9-16(12)11-13(5-6-13)7-8-14/h3-4,9,15H,2,5-7,10-11H2,1H3. The molecule has 86 valence electrons. The van der Waals surface area contributed by atoms with Crippen molar-refractivity contribution in [1.82, 2.24) is 9.88 Å². The lowest BCUT2D eigenvalue weighted by Crippen LogP contribution is -2.18. The average Bonchev–Trinajstić information content (AvgIpc) is 2.89. The number of nitriles is 1. The van der Waals surface area contributed by atoms with Gasteiger partial charge >= 0.3 is 0 Å². The highest BCUT2D eigenvalue weighted by atomic mass is 15.0. The molecule has 0 aromatic carbocycles. The molecule has 0 unspecified atom stereocenters. The summed E-state index contributed by atoms with van der Waals surface area (Å²) >= 11 is 0. The van der Waals surface area contributed by atoms with E-state index in [1.54, 1.807) is 0 Å². The van der Waals surface area contributed by atoms with Gasteiger partial charge in [-0.25, -0.2) is 0 Å². The van der Waals surface area contributed by atoms with Gasteiger partial charge in [0, 0.05) is 36.8 Å². The highest BCUT2D eigenvalue weighted by Gasteiger charge is 2.42. The molecule has 0 bridgehead atoms. The molecule has 2 rings (SSSR count). The van der Waals surface area contributed by atoms with Crippen molar-refractivity contribution in [3.63, 3.8) is 0 Å². The molecule has 1 saturated carbocycles. The summed E-state index contributed by atoms with van der Waals surface area (Å²) in [5.41, 5.74) is 1.61. The lowest BCUT2D eigenvalue weighted by molar-refractivity contribution is 0.421. The summed E-state index contributed by atoms with van der Waals surface area (Å²) in [6.45, 7) is 5.04. The van der Waals surface area contributed by atoms with Gasteiger partial charge in [0.05, 0.1) is 6.07 Å². The van der Waals surface area contributed by atoms with Gasteiger partial charge in [0.1, 0.15) is 0 Å². The van der Waals surface area contributed by atoms with E-state index in [0.717, 1.165) is 19.6 Å². The van der Waals surface area contributed by atoms with E-state index < -0.39 is 0 Å². The van der Waals surface area contributed by atoms with Gasteiger partial charge < -0.3 is 9.88 Å². The van der Waals surface area contributed by atoms with Gasteiger partial charge in [0.25, 0.3) is 0 Å². The summed E-state index contributed by atoms with van der Waals surface area (Å²) in [4.78, 5) is 0. The molecule has 0 saturated heterocycles. The van der Waals surface area contributed by atoms with Crippen LogP contribution in [0, 0.1) is 16.7 Å². The van der Waals surface area contributed by atoms with E-state index in [2.05, 4.69) is 41.2 Å². The molecule has 0 amide bonds. The van der Waals surface area contributed by atoms with Gasteiger partial charge in [0.2, 0.25) is 0 Å². The first kappa shape index (κ1) is 11.2. The molecule has 1 heterocycles. The van der Waals surface area contributed by atoms with E-state index in [1.807, 2.05) is 0 Å². The van der Waals surface area contributed by atoms with Crippen LogP contribution in [-0.2, 0) is 13.1 Å². The summed E-state index contributed by atoms with van der Waals surface area (Å²) in [5.74, 6) is 0. The quantitative estimate of drug-likeness (QED) is 0.794. The topological polar surface area (TPSA) is 40.8 Å². The minimum absolute atomic E-state index is 0.286. The van der Waals surface area contributed by atoms with E-state index in [-0.39, 0.29) is 5.41 Å². The molecule has 1 aromatic rings. The Balaban J connectivity index is 1.99. The van der Waals surface area contributed by atoms with Crippen LogP contribution in [0.2, 0.25) is 0 Å². The highest BCUT2D eigenvalue weighted by molar-refractivity contribution is 5.10. The molecule has 1 N–H and O–H groups in total. The van der Waals surface area contributed by atoms with Gasteiger partial charge in [-0.15, -0.1) is 0 Å². The van der Waals surface area contributed by atoms with E-state index >= 15 is 0 Å². The van der Waals surface area contributed by atoms with Crippen molar-refractivity contribution in [2.24, 2.45) is 5.41 Å². The van der Waals surface area contributed by atoms with Crippen molar-refractivity contribution in [3.05, 3.63) is 24.0 Å². The minimum Gasteiger partial charge on any atom is -0.350 e.